The van der Waals surface area contributed by atoms with Crippen molar-refractivity contribution in [1.82, 2.24) is 9.88 Å². The molecule has 2 N–H and O–H groups in total. The molecule has 1 heterocycles. The number of sulfone groups is 1. The predicted octanol–water partition coefficient (Wildman–Crippen LogP) is 5.83. The molecule has 3 aromatic rings. The minimum absolute atomic E-state index is 0.0182. The van der Waals surface area contributed by atoms with Gasteiger partial charge in [-0.05, 0) is 86.9 Å². The monoisotopic (exact) mass is 564 g/mol. The van der Waals surface area contributed by atoms with E-state index in [-0.39, 0.29) is 41.9 Å². The smallest absolute Gasteiger partial charge is 0.391 e. The third-order valence-electron chi connectivity index (χ3n) is 7.88. The molecule has 39 heavy (non-hydrogen) atoms. The van der Waals surface area contributed by atoms with Gasteiger partial charge in [0.05, 0.1) is 29.2 Å². The fourth-order valence-corrected chi connectivity index (χ4v) is 6.44. The molecule has 0 spiro atoms. The van der Waals surface area contributed by atoms with Crippen molar-refractivity contribution in [3.05, 3.63) is 65.4 Å². The summed E-state index contributed by atoms with van der Waals surface area (Å²) in [5, 5.41) is 13.6. The molecule has 1 fully saturated rings. The molecule has 0 saturated heterocycles. The number of aryl methyl sites for hydroxylation is 1. The predicted molar refractivity (Wildman–Crippen MR) is 144 cm³/mol. The summed E-state index contributed by atoms with van der Waals surface area (Å²) in [7, 11) is -3.35. The van der Waals surface area contributed by atoms with E-state index < -0.39 is 28.0 Å². The van der Waals surface area contributed by atoms with Crippen molar-refractivity contribution < 1.29 is 31.5 Å². The Labute approximate surface area is 227 Å². The molecule has 2 aromatic carbocycles. The average Bonchev–Trinajstić information content (AvgIpc) is 3.27. The van der Waals surface area contributed by atoms with E-state index in [0.29, 0.717) is 36.9 Å². The maximum atomic E-state index is 13.1. The normalized spacial score (nSPS) is 19.2. The second-order valence-corrected chi connectivity index (χ2v) is 12.6. The van der Waals surface area contributed by atoms with Gasteiger partial charge in [-0.25, -0.2) is 8.42 Å². The van der Waals surface area contributed by atoms with Crippen molar-refractivity contribution in [2.45, 2.75) is 69.6 Å². The zero-order chi connectivity index (χ0) is 28.4. The first-order valence-corrected chi connectivity index (χ1v) is 15.0. The lowest BCUT2D eigenvalue weighted by atomic mass is 9.79. The quantitative estimate of drug-likeness (QED) is 0.342. The van der Waals surface area contributed by atoms with Crippen LogP contribution in [0.3, 0.4) is 0 Å². The number of amides is 1. The van der Waals surface area contributed by atoms with Crippen LogP contribution in [-0.4, -0.2) is 42.5 Å². The van der Waals surface area contributed by atoms with Gasteiger partial charge in [0.15, 0.2) is 9.84 Å². The Bertz CT molecular complexity index is 1410. The van der Waals surface area contributed by atoms with E-state index in [2.05, 4.69) is 9.88 Å². The van der Waals surface area contributed by atoms with Crippen LogP contribution in [0.2, 0.25) is 0 Å². The first-order valence-electron chi connectivity index (χ1n) is 13.4. The van der Waals surface area contributed by atoms with E-state index in [1.54, 1.807) is 31.2 Å². The number of carbonyl (C=O) groups is 1. The Balaban J connectivity index is 1.48. The second kappa shape index (κ2) is 11.7. The van der Waals surface area contributed by atoms with E-state index in [1.807, 2.05) is 19.1 Å². The zero-order valence-corrected chi connectivity index (χ0v) is 23.0. The van der Waals surface area contributed by atoms with Crippen LogP contribution in [-0.2, 0) is 22.8 Å². The van der Waals surface area contributed by atoms with E-state index in [0.717, 1.165) is 16.6 Å². The maximum absolute atomic E-state index is 13.1. The number of nitrogens with one attached hydrogen (secondary N) is 1. The highest BCUT2D eigenvalue weighted by molar-refractivity contribution is 7.91. The topological polar surface area (TPSA) is 88.4 Å². The van der Waals surface area contributed by atoms with Gasteiger partial charge in [0.1, 0.15) is 0 Å². The Morgan fingerprint density at radius 1 is 1.05 bits per heavy atom. The van der Waals surface area contributed by atoms with Gasteiger partial charge in [0, 0.05) is 28.7 Å². The number of benzene rings is 2. The van der Waals surface area contributed by atoms with Gasteiger partial charge >= 0.3 is 6.18 Å². The van der Waals surface area contributed by atoms with Gasteiger partial charge in [-0.1, -0.05) is 19.1 Å². The molecule has 1 amide bonds. The van der Waals surface area contributed by atoms with Crippen molar-refractivity contribution >= 4 is 26.6 Å². The standard InChI is InChI=1S/C29H35F3N2O4S/c1-3-34-24(15-19-5-10-23(11-6-19)29(30,31)32)17-22-16-21(9-14-27(22)34)28(36)33-26(18-35)20-7-12-25(13-8-20)39(37,38)4-2/h7-9,12-14,16-17,19,23,26,35H,3-6,10-11,15,18H2,1-2H3,(H,33,36)/t19?,23?,26-/m0/s1. The van der Waals surface area contributed by atoms with Gasteiger partial charge < -0.3 is 15.0 Å². The van der Waals surface area contributed by atoms with Crippen LogP contribution < -0.4 is 5.32 Å². The Kier molecular flexibility index (Phi) is 8.75. The van der Waals surface area contributed by atoms with Crippen LogP contribution in [0.15, 0.2) is 53.4 Å². The molecule has 10 heteroatoms. The van der Waals surface area contributed by atoms with Gasteiger partial charge in [0.2, 0.25) is 0 Å². The molecule has 1 aliphatic rings. The lowest BCUT2D eigenvalue weighted by Crippen LogP contribution is -2.30. The van der Waals surface area contributed by atoms with E-state index in [4.69, 9.17) is 0 Å². The number of carbonyl (C=O) groups excluding carboxylic acids is 1. The summed E-state index contributed by atoms with van der Waals surface area (Å²) >= 11 is 0. The molecule has 1 saturated carbocycles. The van der Waals surface area contributed by atoms with Crippen molar-refractivity contribution in [3.63, 3.8) is 0 Å². The third kappa shape index (κ3) is 6.49. The summed E-state index contributed by atoms with van der Waals surface area (Å²) in [5.74, 6) is -1.39. The number of alkyl halides is 3. The molecule has 0 radical (unpaired) electrons. The summed E-state index contributed by atoms with van der Waals surface area (Å²) in [6, 6.07) is 12.8. The lowest BCUT2D eigenvalue weighted by molar-refractivity contribution is -0.183. The first-order chi connectivity index (χ1) is 18.5. The number of nitrogens with zero attached hydrogens (tertiary/aromatic N) is 1. The van der Waals surface area contributed by atoms with Crippen LogP contribution in [0.5, 0.6) is 0 Å². The maximum Gasteiger partial charge on any atom is 0.391 e. The largest absolute Gasteiger partial charge is 0.394 e. The molecule has 0 unspecified atom stereocenters. The number of fused-ring (bicyclic) bond motifs is 1. The van der Waals surface area contributed by atoms with E-state index in [9.17, 15) is 31.5 Å². The average molecular weight is 565 g/mol. The van der Waals surface area contributed by atoms with Gasteiger partial charge in [-0.15, -0.1) is 0 Å². The molecular weight excluding hydrogens is 529 g/mol. The molecule has 4 rings (SSSR count). The fraction of sp³-hybridized carbons (Fsp3) is 0.483. The highest BCUT2D eigenvalue weighted by atomic mass is 32.2. The van der Waals surface area contributed by atoms with Crippen molar-refractivity contribution in [1.29, 1.82) is 0 Å². The van der Waals surface area contributed by atoms with Crippen LogP contribution in [0.25, 0.3) is 10.9 Å². The summed E-state index contributed by atoms with van der Waals surface area (Å²) in [6.07, 6.45) is -1.96. The highest BCUT2D eigenvalue weighted by Crippen LogP contribution is 2.40. The Morgan fingerprint density at radius 2 is 1.72 bits per heavy atom. The third-order valence-corrected chi connectivity index (χ3v) is 9.63. The molecule has 1 aliphatic carbocycles. The molecule has 1 aromatic heterocycles. The van der Waals surface area contributed by atoms with Gasteiger partial charge in [0.25, 0.3) is 5.91 Å². The number of aliphatic hydroxyl groups excluding tert-OH is 1. The van der Waals surface area contributed by atoms with Crippen molar-refractivity contribution in [3.8, 4) is 0 Å². The molecule has 0 aliphatic heterocycles. The van der Waals surface area contributed by atoms with Crippen LogP contribution >= 0.6 is 0 Å². The van der Waals surface area contributed by atoms with Gasteiger partial charge in [-0.2, -0.15) is 13.2 Å². The Hall–Kier alpha value is -2.85. The Morgan fingerprint density at radius 3 is 2.28 bits per heavy atom. The van der Waals surface area contributed by atoms with Crippen molar-refractivity contribution in [2.24, 2.45) is 11.8 Å². The minimum Gasteiger partial charge on any atom is -0.394 e. The molecule has 1 atom stereocenters. The minimum atomic E-state index is -4.12. The SMILES string of the molecule is CCn1c(CC2CCC(C(F)(F)F)CC2)cc2cc(C(=O)N[C@@H](CO)c3ccc(S(=O)(=O)CC)cc3)ccc21. The molecular formula is C29H35F3N2O4S. The van der Waals surface area contributed by atoms with E-state index >= 15 is 0 Å². The fourth-order valence-electron chi connectivity index (χ4n) is 5.55. The molecule has 212 valence electrons. The van der Waals surface area contributed by atoms with Crippen molar-refractivity contribution in [2.75, 3.05) is 12.4 Å². The first kappa shape index (κ1) is 29.1. The summed E-state index contributed by atoms with van der Waals surface area (Å²) in [4.78, 5) is 13.3. The molecule has 6 nitrogen and oxygen atoms in total. The second-order valence-electron chi connectivity index (χ2n) is 10.3. The number of hydrogen-bond acceptors (Lipinski definition) is 4. The number of aromatic nitrogens is 1. The zero-order valence-electron chi connectivity index (χ0n) is 22.2. The number of hydrogen-bond donors (Lipinski definition) is 2. The molecule has 0 bridgehead atoms. The number of aliphatic hydroxyl groups is 1. The number of halogens is 3. The summed E-state index contributed by atoms with van der Waals surface area (Å²) in [5.41, 5.74) is 3.01. The van der Waals surface area contributed by atoms with Crippen LogP contribution in [0, 0.1) is 11.8 Å². The highest BCUT2D eigenvalue weighted by Gasteiger charge is 2.41. The van der Waals surface area contributed by atoms with E-state index in [1.165, 1.54) is 12.1 Å². The summed E-state index contributed by atoms with van der Waals surface area (Å²) in [6.45, 7) is 3.93. The lowest BCUT2D eigenvalue weighted by Gasteiger charge is -2.30. The van der Waals surface area contributed by atoms with Gasteiger partial charge in [-0.3, -0.25) is 4.79 Å². The van der Waals surface area contributed by atoms with Crippen LogP contribution in [0.1, 0.15) is 67.2 Å². The summed E-state index contributed by atoms with van der Waals surface area (Å²) < 4.78 is 65.4. The number of rotatable bonds is 9. The van der Waals surface area contributed by atoms with Crippen LogP contribution in [0.4, 0.5) is 13.2 Å².